The molecule has 0 spiro atoms. The zero-order valence-corrected chi connectivity index (χ0v) is 24.6. The molecule has 2 atom stereocenters. The van der Waals surface area contributed by atoms with Crippen LogP contribution in [0.4, 0.5) is 5.69 Å². The van der Waals surface area contributed by atoms with Crippen LogP contribution in [0.5, 0.6) is 0 Å². The maximum absolute atomic E-state index is 13.5. The number of rotatable bonds is 13. The second-order valence-electron chi connectivity index (χ2n) is 8.93. The number of sulfonamides is 1. The topological polar surface area (TPSA) is 86.8 Å². The van der Waals surface area contributed by atoms with Crippen LogP contribution in [0.15, 0.2) is 42.5 Å². The first-order valence-electron chi connectivity index (χ1n) is 12.1. The Labute approximate surface area is 235 Å². The van der Waals surface area contributed by atoms with Crippen LogP contribution < -0.4 is 9.62 Å². The first-order chi connectivity index (χ1) is 17.4. The number of carbonyl (C=O) groups is 2. The Balaban J connectivity index is 2.24. The van der Waals surface area contributed by atoms with Gasteiger partial charge in [-0.2, -0.15) is 0 Å². The molecule has 0 aliphatic carbocycles. The average Bonchev–Trinajstić information content (AvgIpc) is 2.83. The standard InChI is InChI=1S/C26H34Cl3N3O4S/c1-5-18(3)30-26(34)24(6-2)31(17-19-9-14-22(28)23(29)16-19)25(33)8-7-15-32(37(4,35)36)21-12-10-20(27)11-13-21/h9-14,16,18,24H,5-8,15,17H2,1-4H3,(H,30,34)/t18-,24-/m1/s1. The van der Waals surface area contributed by atoms with Gasteiger partial charge in [0.1, 0.15) is 6.04 Å². The minimum Gasteiger partial charge on any atom is -0.352 e. The highest BCUT2D eigenvalue weighted by Gasteiger charge is 2.29. The molecule has 0 aliphatic rings. The van der Waals surface area contributed by atoms with E-state index in [1.807, 2.05) is 20.8 Å². The average molecular weight is 591 g/mol. The summed E-state index contributed by atoms with van der Waals surface area (Å²) in [5, 5.41) is 4.21. The van der Waals surface area contributed by atoms with Crippen LogP contribution in [0.3, 0.4) is 0 Å². The molecule has 2 rings (SSSR count). The molecule has 0 bridgehead atoms. The molecule has 2 aromatic rings. The lowest BCUT2D eigenvalue weighted by molar-refractivity contribution is -0.141. The quantitative estimate of drug-likeness (QED) is 0.314. The van der Waals surface area contributed by atoms with Crippen molar-refractivity contribution in [1.82, 2.24) is 10.2 Å². The fourth-order valence-electron chi connectivity index (χ4n) is 3.81. The Morgan fingerprint density at radius 1 is 0.973 bits per heavy atom. The van der Waals surface area contributed by atoms with Crippen LogP contribution in [0.1, 0.15) is 52.0 Å². The van der Waals surface area contributed by atoms with Crippen LogP contribution in [-0.2, 0) is 26.2 Å². The summed E-state index contributed by atoms with van der Waals surface area (Å²) >= 11 is 18.2. The summed E-state index contributed by atoms with van der Waals surface area (Å²) in [5.74, 6) is -0.494. The fourth-order valence-corrected chi connectivity index (χ4v) is 5.22. The molecule has 0 saturated carbocycles. The number of halogens is 3. The van der Waals surface area contributed by atoms with Gasteiger partial charge in [-0.15, -0.1) is 0 Å². The summed E-state index contributed by atoms with van der Waals surface area (Å²) in [6, 6.07) is 10.8. The summed E-state index contributed by atoms with van der Waals surface area (Å²) in [6.45, 7) is 5.99. The molecule has 0 fully saturated rings. The third-order valence-corrected chi connectivity index (χ3v) is 8.18. The molecule has 0 heterocycles. The molecular formula is C26H34Cl3N3O4S. The lowest BCUT2D eigenvalue weighted by atomic mass is 10.1. The summed E-state index contributed by atoms with van der Waals surface area (Å²) in [5.41, 5.74) is 1.20. The van der Waals surface area contributed by atoms with Crippen molar-refractivity contribution in [2.45, 2.75) is 65.1 Å². The zero-order chi connectivity index (χ0) is 27.8. The van der Waals surface area contributed by atoms with E-state index in [1.54, 1.807) is 42.5 Å². The monoisotopic (exact) mass is 589 g/mol. The van der Waals surface area contributed by atoms with Crippen molar-refractivity contribution in [1.29, 1.82) is 0 Å². The van der Waals surface area contributed by atoms with Gasteiger partial charge in [0.05, 0.1) is 22.0 Å². The number of anilines is 1. The van der Waals surface area contributed by atoms with Crippen LogP contribution in [0.25, 0.3) is 0 Å². The summed E-state index contributed by atoms with van der Waals surface area (Å²) in [6.07, 6.45) is 2.60. The van der Waals surface area contributed by atoms with Gasteiger partial charge in [-0.3, -0.25) is 13.9 Å². The smallest absolute Gasteiger partial charge is 0.243 e. The lowest BCUT2D eigenvalue weighted by Gasteiger charge is -2.32. The van der Waals surface area contributed by atoms with Gasteiger partial charge < -0.3 is 10.2 Å². The Kier molecular flexibility index (Phi) is 12.0. The Morgan fingerprint density at radius 3 is 2.16 bits per heavy atom. The van der Waals surface area contributed by atoms with E-state index >= 15 is 0 Å². The maximum atomic E-state index is 13.5. The van der Waals surface area contributed by atoms with Gasteiger partial charge in [-0.25, -0.2) is 8.42 Å². The SMILES string of the molecule is CC[C@@H](C)NC(=O)[C@@H](CC)N(Cc1ccc(Cl)c(Cl)c1)C(=O)CCCN(c1ccc(Cl)cc1)S(C)(=O)=O. The Bertz CT molecular complexity index is 1180. The first-order valence-corrected chi connectivity index (χ1v) is 15.1. The maximum Gasteiger partial charge on any atom is 0.243 e. The molecule has 0 saturated heterocycles. The van der Waals surface area contributed by atoms with E-state index in [9.17, 15) is 18.0 Å². The molecule has 0 aliphatic heterocycles. The van der Waals surface area contributed by atoms with E-state index in [2.05, 4.69) is 5.32 Å². The molecule has 2 aromatic carbocycles. The lowest BCUT2D eigenvalue weighted by Crippen LogP contribution is -2.50. The van der Waals surface area contributed by atoms with E-state index in [-0.39, 0.29) is 43.8 Å². The van der Waals surface area contributed by atoms with Gasteiger partial charge >= 0.3 is 0 Å². The van der Waals surface area contributed by atoms with Crippen molar-refractivity contribution in [2.75, 3.05) is 17.1 Å². The minimum atomic E-state index is -3.58. The van der Waals surface area contributed by atoms with Crippen molar-refractivity contribution in [3.05, 3.63) is 63.1 Å². The minimum absolute atomic E-state index is 0.0360. The second-order valence-corrected chi connectivity index (χ2v) is 12.1. The molecule has 11 heteroatoms. The van der Waals surface area contributed by atoms with Gasteiger partial charge in [0.15, 0.2) is 0 Å². The zero-order valence-electron chi connectivity index (χ0n) is 21.5. The van der Waals surface area contributed by atoms with Crippen molar-refractivity contribution >= 4 is 62.3 Å². The molecule has 0 radical (unpaired) electrons. The highest BCUT2D eigenvalue weighted by Crippen LogP contribution is 2.25. The molecule has 1 N–H and O–H groups in total. The van der Waals surface area contributed by atoms with Crippen LogP contribution in [0.2, 0.25) is 15.1 Å². The number of benzene rings is 2. The number of hydrogen-bond donors (Lipinski definition) is 1. The van der Waals surface area contributed by atoms with Crippen LogP contribution >= 0.6 is 34.8 Å². The second kappa shape index (κ2) is 14.2. The van der Waals surface area contributed by atoms with Crippen LogP contribution in [0, 0.1) is 0 Å². The van der Waals surface area contributed by atoms with E-state index in [0.717, 1.165) is 18.2 Å². The summed E-state index contributed by atoms with van der Waals surface area (Å²) in [7, 11) is -3.58. The normalized spacial score (nSPS) is 13.1. The Morgan fingerprint density at radius 2 is 1.62 bits per heavy atom. The largest absolute Gasteiger partial charge is 0.352 e. The van der Waals surface area contributed by atoms with Gasteiger partial charge in [-0.05, 0) is 68.1 Å². The number of hydrogen-bond acceptors (Lipinski definition) is 4. The predicted octanol–water partition coefficient (Wildman–Crippen LogP) is 5.92. The first kappa shape index (κ1) is 31.2. The summed E-state index contributed by atoms with van der Waals surface area (Å²) < 4.78 is 26.1. The van der Waals surface area contributed by atoms with Crippen molar-refractivity contribution in [2.24, 2.45) is 0 Å². The Hall–Kier alpha value is -2.00. The van der Waals surface area contributed by atoms with Crippen molar-refractivity contribution < 1.29 is 18.0 Å². The third kappa shape index (κ3) is 9.36. The number of carbonyl (C=O) groups excluding carboxylic acids is 2. The van der Waals surface area contributed by atoms with Gasteiger partial charge in [0, 0.05) is 30.6 Å². The molecule has 2 amide bonds. The third-order valence-electron chi connectivity index (χ3n) is 5.99. The van der Waals surface area contributed by atoms with Crippen LogP contribution in [-0.4, -0.2) is 50.0 Å². The highest BCUT2D eigenvalue weighted by molar-refractivity contribution is 7.92. The molecule has 37 heavy (non-hydrogen) atoms. The van der Waals surface area contributed by atoms with E-state index < -0.39 is 16.1 Å². The van der Waals surface area contributed by atoms with E-state index in [1.165, 1.54) is 9.21 Å². The van der Waals surface area contributed by atoms with E-state index in [4.69, 9.17) is 34.8 Å². The molecule has 0 unspecified atom stereocenters. The van der Waals surface area contributed by atoms with Gasteiger partial charge in [-0.1, -0.05) is 54.7 Å². The molecule has 0 aromatic heterocycles. The number of nitrogens with zero attached hydrogens (tertiary/aromatic N) is 2. The fraction of sp³-hybridized carbons (Fsp3) is 0.462. The number of amides is 2. The highest BCUT2D eigenvalue weighted by atomic mass is 35.5. The van der Waals surface area contributed by atoms with Crippen molar-refractivity contribution in [3.8, 4) is 0 Å². The molecule has 7 nitrogen and oxygen atoms in total. The summed E-state index contributed by atoms with van der Waals surface area (Å²) in [4.78, 5) is 28.1. The van der Waals surface area contributed by atoms with Gasteiger partial charge in [0.2, 0.25) is 21.8 Å². The van der Waals surface area contributed by atoms with Gasteiger partial charge in [0.25, 0.3) is 0 Å². The predicted molar refractivity (Wildman–Crippen MR) is 152 cm³/mol. The molecule has 204 valence electrons. The number of nitrogens with one attached hydrogen (secondary N) is 1. The van der Waals surface area contributed by atoms with E-state index in [0.29, 0.717) is 27.2 Å². The molecular weight excluding hydrogens is 557 g/mol. The van der Waals surface area contributed by atoms with Crippen molar-refractivity contribution in [3.63, 3.8) is 0 Å².